The maximum atomic E-state index is 11.6. The zero-order valence-corrected chi connectivity index (χ0v) is 11.8. The van der Waals surface area contributed by atoms with Gasteiger partial charge in [0.1, 0.15) is 0 Å². The molecule has 94 valence electrons. The first kappa shape index (κ1) is 12.9. The minimum atomic E-state index is -0.197. The third-order valence-electron chi connectivity index (χ3n) is 2.30. The second-order valence-corrected chi connectivity index (χ2v) is 4.94. The van der Waals surface area contributed by atoms with Crippen molar-refractivity contribution in [2.45, 2.75) is 6.54 Å². The largest absolute Gasteiger partial charge is 0.336 e. The smallest absolute Gasteiger partial charge is 0.319 e. The molecule has 5 nitrogen and oxygen atoms in total. The van der Waals surface area contributed by atoms with E-state index in [0.717, 1.165) is 9.26 Å². The first-order valence-electron chi connectivity index (χ1n) is 5.50. The van der Waals surface area contributed by atoms with Gasteiger partial charge < -0.3 is 15.2 Å². The number of imidazole rings is 1. The van der Waals surface area contributed by atoms with Crippen LogP contribution >= 0.6 is 22.6 Å². The average molecular weight is 356 g/mol. The van der Waals surface area contributed by atoms with Gasteiger partial charge in [0.05, 0.1) is 6.33 Å². The van der Waals surface area contributed by atoms with Gasteiger partial charge in [-0.1, -0.05) is 6.07 Å². The van der Waals surface area contributed by atoms with Crippen LogP contribution in [-0.4, -0.2) is 22.1 Å². The number of aromatic nitrogens is 2. The van der Waals surface area contributed by atoms with Gasteiger partial charge in [0.25, 0.3) is 0 Å². The molecule has 1 heterocycles. The molecule has 0 saturated heterocycles. The van der Waals surface area contributed by atoms with Crippen LogP contribution < -0.4 is 10.6 Å². The minimum Gasteiger partial charge on any atom is -0.336 e. The van der Waals surface area contributed by atoms with Gasteiger partial charge in [-0.15, -0.1) is 0 Å². The Bertz CT molecular complexity index is 513. The van der Waals surface area contributed by atoms with E-state index in [4.69, 9.17) is 0 Å². The van der Waals surface area contributed by atoms with Crippen molar-refractivity contribution < 1.29 is 4.79 Å². The van der Waals surface area contributed by atoms with Crippen molar-refractivity contribution in [1.82, 2.24) is 14.9 Å². The quantitative estimate of drug-likeness (QED) is 0.826. The number of urea groups is 1. The van der Waals surface area contributed by atoms with Crippen molar-refractivity contribution in [1.29, 1.82) is 0 Å². The van der Waals surface area contributed by atoms with Crippen molar-refractivity contribution in [3.05, 3.63) is 46.6 Å². The number of nitrogens with one attached hydrogen (secondary N) is 2. The fraction of sp³-hybridized carbons (Fsp3) is 0.167. The van der Waals surface area contributed by atoms with E-state index in [0.29, 0.717) is 13.1 Å². The molecule has 2 N–H and O–H groups in total. The van der Waals surface area contributed by atoms with Crippen LogP contribution in [-0.2, 0) is 6.54 Å². The van der Waals surface area contributed by atoms with Crippen molar-refractivity contribution in [2.24, 2.45) is 0 Å². The highest BCUT2D eigenvalue weighted by Gasteiger charge is 2.01. The number of hydrogen-bond donors (Lipinski definition) is 2. The molecule has 2 rings (SSSR count). The molecule has 1 aromatic carbocycles. The molecular weight excluding hydrogens is 343 g/mol. The van der Waals surface area contributed by atoms with Gasteiger partial charge in [-0.2, -0.15) is 0 Å². The lowest BCUT2D eigenvalue weighted by atomic mass is 10.3. The fourth-order valence-corrected chi connectivity index (χ4v) is 2.00. The second-order valence-electron chi connectivity index (χ2n) is 3.69. The Kier molecular flexibility index (Phi) is 4.57. The van der Waals surface area contributed by atoms with Crippen molar-refractivity contribution in [3.63, 3.8) is 0 Å². The molecular formula is C12H13IN4O. The molecule has 2 aromatic rings. The normalized spacial score (nSPS) is 10.1. The van der Waals surface area contributed by atoms with Crippen molar-refractivity contribution in [3.8, 4) is 0 Å². The molecule has 18 heavy (non-hydrogen) atoms. The first-order valence-corrected chi connectivity index (χ1v) is 6.58. The van der Waals surface area contributed by atoms with Crippen LogP contribution in [0.5, 0.6) is 0 Å². The number of benzene rings is 1. The van der Waals surface area contributed by atoms with Crippen LogP contribution in [0.15, 0.2) is 43.0 Å². The average Bonchev–Trinajstić information content (AvgIpc) is 2.82. The van der Waals surface area contributed by atoms with Crippen LogP contribution in [0.4, 0.5) is 10.5 Å². The summed E-state index contributed by atoms with van der Waals surface area (Å²) in [6, 6.07) is 7.45. The van der Waals surface area contributed by atoms with Crippen LogP contribution in [0.3, 0.4) is 0 Å². The number of nitrogens with zero attached hydrogens (tertiary/aromatic N) is 2. The molecule has 0 unspecified atom stereocenters. The highest BCUT2D eigenvalue weighted by atomic mass is 127. The summed E-state index contributed by atoms with van der Waals surface area (Å²) in [5, 5.41) is 5.57. The number of carbonyl (C=O) groups is 1. The van der Waals surface area contributed by atoms with Gasteiger partial charge in [0.15, 0.2) is 0 Å². The number of halogens is 1. The molecule has 0 aliphatic carbocycles. The number of hydrogen-bond acceptors (Lipinski definition) is 2. The minimum absolute atomic E-state index is 0.197. The molecule has 0 aliphatic rings. The summed E-state index contributed by atoms with van der Waals surface area (Å²) in [5.74, 6) is 0. The van der Waals surface area contributed by atoms with Gasteiger partial charge in [-0.3, -0.25) is 0 Å². The van der Waals surface area contributed by atoms with Crippen LogP contribution in [0.2, 0.25) is 0 Å². The molecule has 0 saturated carbocycles. The van der Waals surface area contributed by atoms with E-state index in [2.05, 4.69) is 38.2 Å². The van der Waals surface area contributed by atoms with E-state index >= 15 is 0 Å². The SMILES string of the molecule is O=C(NCCn1ccnc1)Nc1cccc(I)c1. The van der Waals surface area contributed by atoms with Crippen LogP contribution in [0, 0.1) is 3.57 Å². The third-order valence-corrected chi connectivity index (χ3v) is 2.97. The molecule has 0 spiro atoms. The summed E-state index contributed by atoms with van der Waals surface area (Å²) in [4.78, 5) is 15.5. The van der Waals surface area contributed by atoms with Gasteiger partial charge in [-0.25, -0.2) is 9.78 Å². The Morgan fingerprint density at radius 2 is 2.33 bits per heavy atom. The number of amides is 2. The zero-order chi connectivity index (χ0) is 12.8. The highest BCUT2D eigenvalue weighted by molar-refractivity contribution is 14.1. The second kappa shape index (κ2) is 6.39. The first-order chi connectivity index (χ1) is 8.74. The van der Waals surface area contributed by atoms with Crippen molar-refractivity contribution >= 4 is 34.3 Å². The lowest BCUT2D eigenvalue weighted by molar-refractivity contribution is 0.251. The standard InChI is InChI=1S/C12H13IN4O/c13-10-2-1-3-11(8-10)16-12(18)15-5-7-17-6-4-14-9-17/h1-4,6,8-9H,5,7H2,(H2,15,16,18). The summed E-state index contributed by atoms with van der Waals surface area (Å²) < 4.78 is 3.00. The molecule has 0 fully saturated rings. The van der Waals surface area contributed by atoms with E-state index in [1.807, 2.05) is 35.0 Å². The van der Waals surface area contributed by atoms with Crippen molar-refractivity contribution in [2.75, 3.05) is 11.9 Å². The lowest BCUT2D eigenvalue weighted by Crippen LogP contribution is -2.31. The molecule has 1 aromatic heterocycles. The van der Waals surface area contributed by atoms with E-state index in [1.54, 1.807) is 12.5 Å². The summed E-state index contributed by atoms with van der Waals surface area (Å²) >= 11 is 2.21. The molecule has 0 bridgehead atoms. The summed E-state index contributed by atoms with van der Waals surface area (Å²) in [5.41, 5.74) is 0.794. The molecule has 2 amide bonds. The van der Waals surface area contributed by atoms with Gasteiger partial charge >= 0.3 is 6.03 Å². The molecule has 0 radical (unpaired) electrons. The van der Waals surface area contributed by atoms with E-state index in [-0.39, 0.29) is 6.03 Å². The summed E-state index contributed by atoms with van der Waals surface area (Å²) in [6.45, 7) is 1.27. The maximum Gasteiger partial charge on any atom is 0.319 e. The molecule has 0 atom stereocenters. The predicted molar refractivity (Wildman–Crippen MR) is 78.4 cm³/mol. The van der Waals surface area contributed by atoms with E-state index < -0.39 is 0 Å². The van der Waals surface area contributed by atoms with Crippen LogP contribution in [0.1, 0.15) is 0 Å². The van der Waals surface area contributed by atoms with Gasteiger partial charge in [0.2, 0.25) is 0 Å². The summed E-state index contributed by atoms with van der Waals surface area (Å²) in [6.07, 6.45) is 5.30. The monoisotopic (exact) mass is 356 g/mol. The fourth-order valence-electron chi connectivity index (χ4n) is 1.46. The molecule has 6 heteroatoms. The summed E-state index contributed by atoms with van der Waals surface area (Å²) in [7, 11) is 0. The van der Waals surface area contributed by atoms with E-state index in [1.165, 1.54) is 0 Å². The Morgan fingerprint density at radius 1 is 1.44 bits per heavy atom. The van der Waals surface area contributed by atoms with Gasteiger partial charge in [0, 0.05) is 34.7 Å². The molecule has 0 aliphatic heterocycles. The Balaban J connectivity index is 1.75. The zero-order valence-electron chi connectivity index (χ0n) is 9.64. The lowest BCUT2D eigenvalue weighted by Gasteiger charge is -2.08. The Hall–Kier alpha value is -1.57. The topological polar surface area (TPSA) is 59.0 Å². The highest BCUT2D eigenvalue weighted by Crippen LogP contribution is 2.11. The number of anilines is 1. The third kappa shape index (κ3) is 4.02. The number of carbonyl (C=O) groups excluding carboxylic acids is 1. The van der Waals surface area contributed by atoms with E-state index in [9.17, 15) is 4.79 Å². The predicted octanol–water partition coefficient (Wildman–Crippen LogP) is 2.31. The Morgan fingerprint density at radius 3 is 3.06 bits per heavy atom. The Labute approximate surface area is 119 Å². The number of rotatable bonds is 4. The van der Waals surface area contributed by atoms with Gasteiger partial charge in [-0.05, 0) is 40.8 Å². The van der Waals surface area contributed by atoms with Crippen LogP contribution in [0.25, 0.3) is 0 Å². The maximum absolute atomic E-state index is 11.6.